The molecule has 3 rings (SSSR count). The molecule has 0 saturated carbocycles. The van der Waals surface area contributed by atoms with E-state index >= 15 is 0 Å². The summed E-state index contributed by atoms with van der Waals surface area (Å²) in [6, 6.07) is 12.2. The SMILES string of the molecule is O=Cc1cc(/C=C/c2ccc3ncccc3c2)cc(F)c1O. The highest BCUT2D eigenvalue weighted by Crippen LogP contribution is 2.23. The van der Waals surface area contributed by atoms with Crippen molar-refractivity contribution in [2.24, 2.45) is 0 Å². The summed E-state index contributed by atoms with van der Waals surface area (Å²) < 4.78 is 13.5. The molecule has 0 amide bonds. The van der Waals surface area contributed by atoms with E-state index in [-0.39, 0.29) is 5.56 Å². The summed E-state index contributed by atoms with van der Waals surface area (Å²) in [5.41, 5.74) is 2.27. The van der Waals surface area contributed by atoms with Crippen LogP contribution < -0.4 is 0 Å². The van der Waals surface area contributed by atoms with Gasteiger partial charge in [-0.05, 0) is 41.5 Å². The first-order chi connectivity index (χ1) is 10.7. The van der Waals surface area contributed by atoms with Crippen molar-refractivity contribution in [2.75, 3.05) is 0 Å². The number of benzene rings is 2. The van der Waals surface area contributed by atoms with Crippen LogP contribution in [0.3, 0.4) is 0 Å². The third-order valence-electron chi connectivity index (χ3n) is 3.34. The molecule has 0 radical (unpaired) electrons. The van der Waals surface area contributed by atoms with Gasteiger partial charge in [0.1, 0.15) is 0 Å². The molecule has 1 N–H and O–H groups in total. The van der Waals surface area contributed by atoms with E-state index in [1.807, 2.05) is 36.4 Å². The van der Waals surface area contributed by atoms with Crippen LogP contribution in [0.5, 0.6) is 5.75 Å². The monoisotopic (exact) mass is 293 g/mol. The fourth-order valence-corrected chi connectivity index (χ4v) is 2.22. The Labute approximate surface area is 126 Å². The lowest BCUT2D eigenvalue weighted by Crippen LogP contribution is -1.88. The molecule has 1 heterocycles. The molecule has 4 heteroatoms. The molecule has 0 unspecified atom stereocenters. The van der Waals surface area contributed by atoms with Crippen LogP contribution in [-0.2, 0) is 0 Å². The molecule has 3 nitrogen and oxygen atoms in total. The fourth-order valence-electron chi connectivity index (χ4n) is 2.22. The van der Waals surface area contributed by atoms with E-state index in [9.17, 15) is 14.3 Å². The maximum Gasteiger partial charge on any atom is 0.166 e. The van der Waals surface area contributed by atoms with E-state index in [4.69, 9.17) is 0 Å². The van der Waals surface area contributed by atoms with E-state index in [2.05, 4.69) is 4.98 Å². The Morgan fingerprint density at radius 1 is 1.05 bits per heavy atom. The van der Waals surface area contributed by atoms with E-state index in [1.165, 1.54) is 12.1 Å². The van der Waals surface area contributed by atoms with Gasteiger partial charge in [-0.3, -0.25) is 9.78 Å². The van der Waals surface area contributed by atoms with Crippen LogP contribution in [0.25, 0.3) is 23.1 Å². The highest BCUT2D eigenvalue weighted by atomic mass is 19.1. The lowest BCUT2D eigenvalue weighted by atomic mass is 10.1. The summed E-state index contributed by atoms with van der Waals surface area (Å²) in [6.07, 6.45) is 5.66. The average molecular weight is 293 g/mol. The number of phenols is 1. The molecule has 0 atom stereocenters. The number of aromatic nitrogens is 1. The lowest BCUT2D eigenvalue weighted by molar-refractivity contribution is 0.112. The molecule has 0 fully saturated rings. The number of hydrogen-bond donors (Lipinski definition) is 1. The van der Waals surface area contributed by atoms with Crippen LogP contribution >= 0.6 is 0 Å². The Balaban J connectivity index is 1.95. The molecule has 22 heavy (non-hydrogen) atoms. The summed E-state index contributed by atoms with van der Waals surface area (Å²) in [7, 11) is 0. The van der Waals surface area contributed by atoms with Crippen LogP contribution in [0.1, 0.15) is 21.5 Å². The van der Waals surface area contributed by atoms with Crippen molar-refractivity contribution in [2.45, 2.75) is 0 Å². The number of carbonyl (C=O) groups excluding carboxylic acids is 1. The van der Waals surface area contributed by atoms with Gasteiger partial charge in [-0.25, -0.2) is 4.39 Å². The van der Waals surface area contributed by atoms with Gasteiger partial charge >= 0.3 is 0 Å². The minimum Gasteiger partial charge on any atom is -0.504 e. The van der Waals surface area contributed by atoms with Gasteiger partial charge in [0.05, 0.1) is 11.1 Å². The second-order valence-electron chi connectivity index (χ2n) is 4.85. The van der Waals surface area contributed by atoms with Crippen molar-refractivity contribution in [3.63, 3.8) is 0 Å². The topological polar surface area (TPSA) is 50.2 Å². The molecular formula is C18H12FNO2. The number of pyridine rings is 1. The molecule has 0 aliphatic carbocycles. The number of fused-ring (bicyclic) bond motifs is 1. The lowest BCUT2D eigenvalue weighted by Gasteiger charge is -2.02. The molecule has 0 aliphatic heterocycles. The fraction of sp³-hybridized carbons (Fsp3) is 0. The quantitative estimate of drug-likeness (QED) is 0.585. The predicted molar refractivity (Wildman–Crippen MR) is 84.1 cm³/mol. The Bertz CT molecular complexity index is 887. The standard InChI is InChI=1S/C18H12FNO2/c19-16-10-13(9-15(11-21)18(16)22)4-3-12-5-6-17-14(8-12)2-1-7-20-17/h1-11,22H/b4-3+. The minimum absolute atomic E-state index is 0.0673. The Kier molecular flexibility index (Phi) is 3.66. The predicted octanol–water partition coefficient (Wildman–Crippen LogP) is 4.06. The van der Waals surface area contributed by atoms with Gasteiger partial charge in [-0.1, -0.05) is 24.3 Å². The highest BCUT2D eigenvalue weighted by molar-refractivity contribution is 5.84. The number of rotatable bonds is 3. The molecule has 1 aromatic heterocycles. The van der Waals surface area contributed by atoms with E-state index in [1.54, 1.807) is 12.3 Å². The number of aldehydes is 1. The third-order valence-corrected chi connectivity index (χ3v) is 3.34. The normalized spacial score (nSPS) is 11.1. The number of aromatic hydroxyl groups is 1. The largest absolute Gasteiger partial charge is 0.504 e. The van der Waals surface area contributed by atoms with Crippen LogP contribution in [-0.4, -0.2) is 16.4 Å². The first-order valence-corrected chi connectivity index (χ1v) is 6.68. The van der Waals surface area contributed by atoms with Gasteiger partial charge in [0.15, 0.2) is 17.9 Å². The molecule has 0 spiro atoms. The summed E-state index contributed by atoms with van der Waals surface area (Å²) in [4.78, 5) is 15.0. The van der Waals surface area contributed by atoms with E-state index in [0.717, 1.165) is 16.5 Å². The summed E-state index contributed by atoms with van der Waals surface area (Å²) >= 11 is 0. The zero-order valence-corrected chi connectivity index (χ0v) is 11.5. The molecule has 3 aromatic rings. The first kappa shape index (κ1) is 13.9. The second kappa shape index (κ2) is 5.77. The first-order valence-electron chi connectivity index (χ1n) is 6.68. The zero-order chi connectivity index (χ0) is 15.5. The zero-order valence-electron chi connectivity index (χ0n) is 11.5. The number of phenolic OH excluding ortho intramolecular Hbond substituents is 1. The van der Waals surface area contributed by atoms with Crippen LogP contribution in [0.15, 0.2) is 48.7 Å². The number of carbonyl (C=O) groups is 1. The van der Waals surface area contributed by atoms with Gasteiger partial charge in [0, 0.05) is 11.6 Å². The Hall–Kier alpha value is -3.01. The second-order valence-corrected chi connectivity index (χ2v) is 4.85. The van der Waals surface area contributed by atoms with Crippen molar-refractivity contribution in [1.82, 2.24) is 4.98 Å². The molecule has 0 bridgehead atoms. The van der Waals surface area contributed by atoms with Gasteiger partial charge in [-0.15, -0.1) is 0 Å². The number of hydrogen-bond acceptors (Lipinski definition) is 3. The van der Waals surface area contributed by atoms with Crippen LogP contribution in [0, 0.1) is 5.82 Å². The summed E-state index contributed by atoms with van der Waals surface area (Å²) in [5.74, 6) is -1.43. The Morgan fingerprint density at radius 2 is 1.86 bits per heavy atom. The molecule has 2 aromatic carbocycles. The summed E-state index contributed by atoms with van der Waals surface area (Å²) in [6.45, 7) is 0. The van der Waals surface area contributed by atoms with Crippen molar-refractivity contribution < 1.29 is 14.3 Å². The summed E-state index contributed by atoms with van der Waals surface area (Å²) in [5, 5.41) is 10.4. The van der Waals surface area contributed by atoms with Crippen molar-refractivity contribution in [3.05, 3.63) is 71.2 Å². The molecular weight excluding hydrogens is 281 g/mol. The van der Waals surface area contributed by atoms with Crippen LogP contribution in [0.2, 0.25) is 0 Å². The van der Waals surface area contributed by atoms with Crippen molar-refractivity contribution in [3.8, 4) is 5.75 Å². The van der Waals surface area contributed by atoms with Gasteiger partial charge < -0.3 is 5.11 Å². The number of halogens is 1. The maximum atomic E-state index is 13.5. The average Bonchev–Trinajstić information content (AvgIpc) is 2.55. The maximum absolute atomic E-state index is 13.5. The van der Waals surface area contributed by atoms with E-state index in [0.29, 0.717) is 11.8 Å². The van der Waals surface area contributed by atoms with E-state index < -0.39 is 11.6 Å². The van der Waals surface area contributed by atoms with Gasteiger partial charge in [0.25, 0.3) is 0 Å². The van der Waals surface area contributed by atoms with Crippen LogP contribution in [0.4, 0.5) is 4.39 Å². The highest BCUT2D eigenvalue weighted by Gasteiger charge is 2.07. The smallest absolute Gasteiger partial charge is 0.166 e. The third kappa shape index (κ3) is 2.72. The molecule has 0 saturated heterocycles. The molecule has 108 valence electrons. The molecule has 0 aliphatic rings. The minimum atomic E-state index is -0.813. The van der Waals surface area contributed by atoms with Gasteiger partial charge in [0.2, 0.25) is 0 Å². The Morgan fingerprint density at radius 3 is 2.68 bits per heavy atom. The number of nitrogens with zero attached hydrogens (tertiary/aromatic N) is 1. The van der Waals surface area contributed by atoms with Gasteiger partial charge in [-0.2, -0.15) is 0 Å². The van der Waals surface area contributed by atoms with Crippen molar-refractivity contribution in [1.29, 1.82) is 0 Å². The van der Waals surface area contributed by atoms with Crippen molar-refractivity contribution >= 4 is 29.3 Å².